The minimum Gasteiger partial charge on any atom is -0.481 e. The lowest BCUT2D eigenvalue weighted by Gasteiger charge is -2.23. The highest BCUT2D eigenvalue weighted by Crippen LogP contribution is 2.46. The van der Waals surface area contributed by atoms with E-state index in [4.69, 9.17) is 0 Å². The number of carbonyl (C=O) groups excluding carboxylic acids is 1. The lowest BCUT2D eigenvalue weighted by Crippen LogP contribution is -2.31. The van der Waals surface area contributed by atoms with Crippen molar-refractivity contribution in [2.45, 2.75) is 38.6 Å². The number of carbonyl (C=O) groups is 2. The molecule has 0 aliphatic carbocycles. The number of aliphatic carboxylic acids is 1. The fourth-order valence-electron chi connectivity index (χ4n) is 5.42. The molecule has 1 N–H and O–H groups in total. The van der Waals surface area contributed by atoms with Crippen LogP contribution in [0.2, 0.25) is 0 Å². The van der Waals surface area contributed by atoms with Crippen molar-refractivity contribution in [1.82, 2.24) is 9.55 Å². The van der Waals surface area contributed by atoms with Crippen LogP contribution in [0.4, 0.5) is 5.69 Å². The van der Waals surface area contributed by atoms with E-state index in [-0.39, 0.29) is 12.3 Å². The predicted molar refractivity (Wildman–Crippen MR) is 132 cm³/mol. The molecule has 2 aromatic heterocycles. The van der Waals surface area contributed by atoms with Crippen molar-refractivity contribution < 1.29 is 14.7 Å². The minimum atomic E-state index is -0.933. The van der Waals surface area contributed by atoms with Gasteiger partial charge in [0.25, 0.3) is 0 Å². The molecule has 6 heteroatoms. The summed E-state index contributed by atoms with van der Waals surface area (Å²) >= 11 is 0. The summed E-state index contributed by atoms with van der Waals surface area (Å²) in [6.07, 6.45) is 3.62. The molecule has 1 aliphatic heterocycles. The molecule has 4 aromatic rings. The number of fused-ring (bicyclic) bond motifs is 2. The summed E-state index contributed by atoms with van der Waals surface area (Å²) in [6.45, 7) is 4.59. The number of benzene rings is 2. The van der Waals surface area contributed by atoms with Crippen molar-refractivity contribution in [3.8, 4) is 0 Å². The zero-order valence-corrected chi connectivity index (χ0v) is 19.5. The van der Waals surface area contributed by atoms with E-state index in [9.17, 15) is 14.7 Å². The van der Waals surface area contributed by atoms with E-state index in [1.165, 1.54) is 11.1 Å². The topological polar surface area (TPSA) is 75.4 Å². The highest BCUT2D eigenvalue weighted by atomic mass is 16.4. The van der Waals surface area contributed by atoms with Gasteiger partial charge in [-0.15, -0.1) is 0 Å². The van der Waals surface area contributed by atoms with Crippen molar-refractivity contribution in [1.29, 1.82) is 0 Å². The van der Waals surface area contributed by atoms with E-state index >= 15 is 0 Å². The maximum atomic E-state index is 13.9. The van der Waals surface area contributed by atoms with Gasteiger partial charge in [0.1, 0.15) is 0 Å². The number of pyridine rings is 1. The molecule has 0 fully saturated rings. The van der Waals surface area contributed by atoms with E-state index in [2.05, 4.69) is 41.7 Å². The third-order valence-corrected chi connectivity index (χ3v) is 6.80. The molecule has 0 saturated heterocycles. The van der Waals surface area contributed by atoms with Crippen LogP contribution >= 0.6 is 0 Å². The summed E-state index contributed by atoms with van der Waals surface area (Å²) in [5, 5.41) is 10.8. The van der Waals surface area contributed by atoms with Gasteiger partial charge in [-0.05, 0) is 54.3 Å². The van der Waals surface area contributed by atoms with E-state index in [1.807, 2.05) is 49.5 Å². The monoisotopic (exact) mass is 453 g/mol. The van der Waals surface area contributed by atoms with Gasteiger partial charge in [0, 0.05) is 36.3 Å². The Hall–Kier alpha value is -3.93. The zero-order chi connectivity index (χ0) is 24.0. The van der Waals surface area contributed by atoms with Gasteiger partial charge >= 0.3 is 5.97 Å². The van der Waals surface area contributed by atoms with E-state index in [0.29, 0.717) is 12.2 Å². The highest BCUT2D eigenvalue weighted by Gasteiger charge is 2.44. The number of aryl methyl sites for hydroxylation is 3. The second-order valence-electron chi connectivity index (χ2n) is 9.17. The first-order chi connectivity index (χ1) is 16.3. The number of amides is 1. The Balaban J connectivity index is 1.59. The smallest absolute Gasteiger partial charge is 0.304 e. The SMILES string of the molecule is Cc1cc(C)c2c(CN3C(=O)C([C@H](CC(=O)O)c4ccccc4)c4ncccc43)cn(C)c2c1. The second kappa shape index (κ2) is 8.45. The van der Waals surface area contributed by atoms with Crippen LogP contribution in [0, 0.1) is 13.8 Å². The molecular weight excluding hydrogens is 426 g/mol. The number of hydrogen-bond acceptors (Lipinski definition) is 3. The Morgan fingerprint density at radius 2 is 1.88 bits per heavy atom. The third-order valence-electron chi connectivity index (χ3n) is 6.80. The van der Waals surface area contributed by atoms with Gasteiger partial charge in [-0.3, -0.25) is 14.6 Å². The van der Waals surface area contributed by atoms with Gasteiger partial charge in [0.05, 0.1) is 30.3 Å². The van der Waals surface area contributed by atoms with Crippen LogP contribution in [-0.2, 0) is 23.2 Å². The van der Waals surface area contributed by atoms with Crippen LogP contribution in [0.1, 0.15) is 46.2 Å². The van der Waals surface area contributed by atoms with Crippen molar-refractivity contribution in [3.63, 3.8) is 0 Å². The lowest BCUT2D eigenvalue weighted by molar-refractivity contribution is -0.137. The lowest BCUT2D eigenvalue weighted by atomic mass is 9.82. The Morgan fingerprint density at radius 1 is 1.12 bits per heavy atom. The quantitative estimate of drug-likeness (QED) is 0.442. The molecule has 5 rings (SSSR count). The molecule has 0 bridgehead atoms. The molecule has 2 atom stereocenters. The van der Waals surface area contributed by atoms with Crippen LogP contribution in [0.3, 0.4) is 0 Å². The molecule has 172 valence electrons. The minimum absolute atomic E-state index is 0.106. The summed E-state index contributed by atoms with van der Waals surface area (Å²) in [7, 11) is 2.02. The van der Waals surface area contributed by atoms with Gasteiger partial charge in [-0.2, -0.15) is 0 Å². The van der Waals surface area contributed by atoms with Crippen LogP contribution in [0.5, 0.6) is 0 Å². The van der Waals surface area contributed by atoms with E-state index in [1.54, 1.807) is 11.1 Å². The second-order valence-corrected chi connectivity index (χ2v) is 9.17. The molecule has 6 nitrogen and oxygen atoms in total. The average Bonchev–Trinajstić information content (AvgIpc) is 3.27. The van der Waals surface area contributed by atoms with Crippen molar-refractivity contribution in [3.05, 3.63) is 94.9 Å². The van der Waals surface area contributed by atoms with Crippen molar-refractivity contribution in [2.75, 3.05) is 4.90 Å². The Bertz CT molecular complexity index is 1410. The molecule has 0 spiro atoms. The maximum absolute atomic E-state index is 13.9. The number of hydrogen-bond donors (Lipinski definition) is 1. The van der Waals surface area contributed by atoms with Gasteiger partial charge in [-0.25, -0.2) is 0 Å². The molecule has 3 heterocycles. The molecule has 34 heavy (non-hydrogen) atoms. The molecular formula is C28H27N3O3. The molecule has 0 saturated carbocycles. The Labute approximate surface area is 198 Å². The fourth-order valence-corrected chi connectivity index (χ4v) is 5.42. The van der Waals surface area contributed by atoms with Crippen LogP contribution in [0.15, 0.2) is 67.0 Å². The first kappa shape index (κ1) is 21.9. The Kier molecular flexibility index (Phi) is 5.44. The standard InChI is InChI=1S/C28H27N3O3/c1-17-12-18(2)25-20(15-30(3)23(25)13-17)16-31-22-10-7-11-29-27(22)26(28(31)34)21(14-24(32)33)19-8-5-4-6-9-19/h4-13,15,21,26H,14,16H2,1-3H3,(H,32,33)/t21-,26?/m1/s1. The third kappa shape index (κ3) is 3.65. The summed E-state index contributed by atoms with van der Waals surface area (Å²) in [6, 6.07) is 17.5. The summed E-state index contributed by atoms with van der Waals surface area (Å²) in [4.78, 5) is 32.1. The van der Waals surface area contributed by atoms with Gasteiger partial charge in [-0.1, -0.05) is 36.4 Å². The zero-order valence-electron chi connectivity index (χ0n) is 19.5. The van der Waals surface area contributed by atoms with Gasteiger partial charge in [0.2, 0.25) is 5.91 Å². The number of rotatable bonds is 6. The first-order valence-electron chi connectivity index (χ1n) is 11.4. The average molecular weight is 454 g/mol. The molecule has 2 aromatic carbocycles. The van der Waals surface area contributed by atoms with Crippen molar-refractivity contribution >= 4 is 28.5 Å². The molecule has 1 unspecified atom stereocenters. The predicted octanol–water partition coefficient (Wildman–Crippen LogP) is 5.08. The number of carboxylic acid groups (broad SMARTS) is 1. The highest BCUT2D eigenvalue weighted by molar-refractivity contribution is 6.05. The Morgan fingerprint density at radius 3 is 2.62 bits per heavy atom. The van der Waals surface area contributed by atoms with Crippen LogP contribution in [0.25, 0.3) is 10.9 Å². The van der Waals surface area contributed by atoms with E-state index < -0.39 is 17.8 Å². The van der Waals surface area contributed by atoms with Gasteiger partial charge in [0.15, 0.2) is 0 Å². The van der Waals surface area contributed by atoms with Gasteiger partial charge < -0.3 is 14.6 Å². The number of nitrogens with zero attached hydrogens (tertiary/aromatic N) is 3. The first-order valence-corrected chi connectivity index (χ1v) is 11.4. The number of aromatic nitrogens is 2. The number of carboxylic acids is 1. The maximum Gasteiger partial charge on any atom is 0.304 e. The summed E-state index contributed by atoms with van der Waals surface area (Å²) in [5.41, 5.74) is 6.81. The molecule has 1 amide bonds. The normalized spacial score (nSPS) is 16.1. The fraction of sp³-hybridized carbons (Fsp3) is 0.250. The van der Waals surface area contributed by atoms with Crippen LogP contribution < -0.4 is 4.90 Å². The summed E-state index contributed by atoms with van der Waals surface area (Å²) < 4.78 is 2.10. The molecule has 0 radical (unpaired) electrons. The summed E-state index contributed by atoms with van der Waals surface area (Å²) in [5.74, 6) is -2.18. The molecule has 1 aliphatic rings. The van der Waals surface area contributed by atoms with Crippen LogP contribution in [-0.4, -0.2) is 26.5 Å². The largest absolute Gasteiger partial charge is 0.481 e. The van der Waals surface area contributed by atoms with E-state index in [0.717, 1.165) is 27.7 Å². The van der Waals surface area contributed by atoms with Crippen molar-refractivity contribution in [2.24, 2.45) is 7.05 Å². The number of anilines is 1.